The first kappa shape index (κ1) is 15.5. The van der Waals surface area contributed by atoms with Crippen molar-refractivity contribution in [3.8, 4) is 5.75 Å². The summed E-state index contributed by atoms with van der Waals surface area (Å²) < 4.78 is 5.96. The van der Waals surface area contributed by atoms with E-state index in [-0.39, 0.29) is 12.5 Å². The Morgan fingerprint density at radius 2 is 2.05 bits per heavy atom. The summed E-state index contributed by atoms with van der Waals surface area (Å²) in [5.41, 5.74) is 4.86. The number of hydrogen-bond donors (Lipinski definition) is 2. The van der Waals surface area contributed by atoms with Crippen molar-refractivity contribution in [3.63, 3.8) is 0 Å². The highest BCUT2D eigenvalue weighted by Gasteiger charge is 2.26. The van der Waals surface area contributed by atoms with Crippen LogP contribution < -0.4 is 15.8 Å². The van der Waals surface area contributed by atoms with E-state index in [2.05, 4.69) is 21.2 Å². The molecule has 0 saturated heterocycles. The quantitative estimate of drug-likeness (QED) is 0.863. The van der Waals surface area contributed by atoms with Gasteiger partial charge in [0.05, 0.1) is 18.1 Å². The Labute approximate surface area is 120 Å². The van der Waals surface area contributed by atoms with Gasteiger partial charge in [0.25, 0.3) is 5.91 Å². The average molecular weight is 329 g/mol. The molecular formula is C13H17BrN2O3. The number of amides is 2. The molecule has 1 rings (SSSR count). The number of hydrogen-bond acceptors (Lipinski definition) is 3. The van der Waals surface area contributed by atoms with E-state index in [0.717, 1.165) is 4.47 Å². The highest BCUT2D eigenvalue weighted by Crippen LogP contribution is 2.23. The second-order valence-electron chi connectivity index (χ2n) is 4.78. The number of rotatable bonds is 5. The maximum atomic E-state index is 12.0. The van der Waals surface area contributed by atoms with Crippen LogP contribution in [0.5, 0.6) is 5.75 Å². The topological polar surface area (TPSA) is 81.4 Å². The lowest BCUT2D eigenvalue weighted by molar-refractivity contribution is -0.125. The second-order valence-corrected chi connectivity index (χ2v) is 5.69. The Kier molecular flexibility index (Phi) is 4.94. The largest absolute Gasteiger partial charge is 0.496 e. The van der Waals surface area contributed by atoms with E-state index < -0.39 is 11.3 Å². The van der Waals surface area contributed by atoms with Gasteiger partial charge in [0, 0.05) is 11.0 Å². The Balaban J connectivity index is 2.82. The number of methoxy groups -OCH3 is 1. The molecule has 0 unspecified atom stereocenters. The van der Waals surface area contributed by atoms with E-state index in [4.69, 9.17) is 10.5 Å². The minimum atomic E-state index is -0.793. The standard InChI is InChI=1S/C13H17BrN2O3/c1-13(2,12(15)18)7-16-11(17)9-5-4-8(14)6-10(9)19-3/h4-6H,7H2,1-3H3,(H2,15,18)(H,16,17). The molecule has 104 valence electrons. The van der Waals surface area contributed by atoms with Crippen LogP contribution in [0.1, 0.15) is 24.2 Å². The Morgan fingerprint density at radius 3 is 2.58 bits per heavy atom. The van der Waals surface area contributed by atoms with Crippen LogP contribution in [0.2, 0.25) is 0 Å². The SMILES string of the molecule is COc1cc(Br)ccc1C(=O)NCC(C)(C)C(N)=O. The molecule has 5 nitrogen and oxygen atoms in total. The first-order chi connectivity index (χ1) is 8.77. The Morgan fingerprint density at radius 1 is 1.42 bits per heavy atom. The molecule has 0 aromatic heterocycles. The lowest BCUT2D eigenvalue weighted by Crippen LogP contribution is -2.42. The van der Waals surface area contributed by atoms with Crippen molar-refractivity contribution in [2.45, 2.75) is 13.8 Å². The lowest BCUT2D eigenvalue weighted by Gasteiger charge is -2.21. The van der Waals surface area contributed by atoms with Gasteiger partial charge in [0.2, 0.25) is 5.91 Å². The Hall–Kier alpha value is -1.56. The number of ether oxygens (including phenoxy) is 1. The molecule has 1 aromatic rings. The summed E-state index contributed by atoms with van der Waals surface area (Å²) in [5.74, 6) is -0.307. The van der Waals surface area contributed by atoms with Gasteiger partial charge < -0.3 is 15.8 Å². The van der Waals surface area contributed by atoms with E-state index >= 15 is 0 Å². The predicted molar refractivity (Wildman–Crippen MR) is 76.0 cm³/mol. The van der Waals surface area contributed by atoms with Crippen molar-refractivity contribution in [3.05, 3.63) is 28.2 Å². The van der Waals surface area contributed by atoms with Crippen molar-refractivity contribution >= 4 is 27.7 Å². The first-order valence-electron chi connectivity index (χ1n) is 5.69. The van der Waals surface area contributed by atoms with Crippen LogP contribution in [0.25, 0.3) is 0 Å². The van der Waals surface area contributed by atoms with Gasteiger partial charge in [-0.2, -0.15) is 0 Å². The van der Waals surface area contributed by atoms with Crippen molar-refractivity contribution in [1.29, 1.82) is 0 Å². The third-order valence-electron chi connectivity index (χ3n) is 2.77. The molecule has 6 heteroatoms. The van der Waals surface area contributed by atoms with Gasteiger partial charge in [0.15, 0.2) is 0 Å². The van der Waals surface area contributed by atoms with Gasteiger partial charge >= 0.3 is 0 Å². The number of carbonyl (C=O) groups is 2. The van der Waals surface area contributed by atoms with E-state index in [1.54, 1.807) is 32.0 Å². The maximum absolute atomic E-state index is 12.0. The summed E-state index contributed by atoms with van der Waals surface area (Å²) in [6.45, 7) is 3.52. The molecule has 0 bridgehead atoms. The van der Waals surface area contributed by atoms with Crippen LogP contribution in [0.4, 0.5) is 0 Å². The highest BCUT2D eigenvalue weighted by molar-refractivity contribution is 9.10. The summed E-state index contributed by atoms with van der Waals surface area (Å²) in [4.78, 5) is 23.2. The summed E-state index contributed by atoms with van der Waals surface area (Å²) in [7, 11) is 1.49. The summed E-state index contributed by atoms with van der Waals surface area (Å²) in [6.07, 6.45) is 0. The number of halogens is 1. The molecule has 0 saturated carbocycles. The van der Waals surface area contributed by atoms with E-state index in [0.29, 0.717) is 11.3 Å². The first-order valence-corrected chi connectivity index (χ1v) is 6.49. The van der Waals surface area contributed by atoms with E-state index in [1.165, 1.54) is 7.11 Å². The van der Waals surface area contributed by atoms with Crippen molar-refractivity contribution in [1.82, 2.24) is 5.32 Å². The van der Waals surface area contributed by atoms with E-state index in [9.17, 15) is 9.59 Å². The average Bonchev–Trinajstić information content (AvgIpc) is 2.35. The monoisotopic (exact) mass is 328 g/mol. The predicted octanol–water partition coefficient (Wildman–Crippen LogP) is 1.70. The molecule has 0 fully saturated rings. The lowest BCUT2D eigenvalue weighted by atomic mass is 9.92. The Bertz CT molecular complexity index is 501. The number of nitrogens with one attached hydrogen (secondary N) is 1. The molecule has 2 amide bonds. The molecule has 19 heavy (non-hydrogen) atoms. The summed E-state index contributed by atoms with van der Waals surface area (Å²) in [6, 6.07) is 5.10. The normalized spacial score (nSPS) is 10.9. The zero-order chi connectivity index (χ0) is 14.6. The van der Waals surface area contributed by atoms with Crippen LogP contribution in [-0.2, 0) is 4.79 Å². The van der Waals surface area contributed by atoms with Crippen LogP contribution >= 0.6 is 15.9 Å². The number of nitrogens with two attached hydrogens (primary N) is 1. The van der Waals surface area contributed by atoms with Gasteiger partial charge in [-0.25, -0.2) is 0 Å². The minimum absolute atomic E-state index is 0.167. The van der Waals surface area contributed by atoms with Crippen molar-refractivity contribution in [2.24, 2.45) is 11.1 Å². The number of carbonyl (C=O) groups excluding carboxylic acids is 2. The van der Waals surface area contributed by atoms with Crippen LogP contribution in [0.3, 0.4) is 0 Å². The molecule has 1 aromatic carbocycles. The smallest absolute Gasteiger partial charge is 0.255 e. The van der Waals surface area contributed by atoms with Gasteiger partial charge in [-0.05, 0) is 32.0 Å². The van der Waals surface area contributed by atoms with Gasteiger partial charge in [0.1, 0.15) is 5.75 Å². The molecule has 0 heterocycles. The molecule has 0 radical (unpaired) electrons. The fraction of sp³-hybridized carbons (Fsp3) is 0.385. The van der Waals surface area contributed by atoms with E-state index in [1.807, 2.05) is 0 Å². The molecule has 0 aliphatic rings. The van der Waals surface area contributed by atoms with Crippen molar-refractivity contribution in [2.75, 3.05) is 13.7 Å². The van der Waals surface area contributed by atoms with Gasteiger partial charge in [-0.3, -0.25) is 9.59 Å². The van der Waals surface area contributed by atoms with Gasteiger partial charge in [-0.1, -0.05) is 15.9 Å². The summed E-state index contributed by atoms with van der Waals surface area (Å²) in [5, 5.41) is 2.68. The van der Waals surface area contributed by atoms with Gasteiger partial charge in [-0.15, -0.1) is 0 Å². The fourth-order valence-corrected chi connectivity index (χ4v) is 1.68. The zero-order valence-electron chi connectivity index (χ0n) is 11.1. The molecule has 0 aliphatic heterocycles. The highest BCUT2D eigenvalue weighted by atomic mass is 79.9. The third-order valence-corrected chi connectivity index (χ3v) is 3.26. The molecule has 3 N–H and O–H groups in total. The minimum Gasteiger partial charge on any atom is -0.496 e. The number of primary amides is 1. The number of benzene rings is 1. The van der Waals surface area contributed by atoms with Crippen molar-refractivity contribution < 1.29 is 14.3 Å². The molecular weight excluding hydrogens is 312 g/mol. The van der Waals surface area contributed by atoms with Crippen LogP contribution in [0.15, 0.2) is 22.7 Å². The molecule has 0 atom stereocenters. The fourth-order valence-electron chi connectivity index (χ4n) is 1.34. The molecule has 0 aliphatic carbocycles. The summed E-state index contributed by atoms with van der Waals surface area (Å²) >= 11 is 3.30. The second kappa shape index (κ2) is 6.06. The van der Waals surface area contributed by atoms with Crippen LogP contribution in [0, 0.1) is 5.41 Å². The maximum Gasteiger partial charge on any atom is 0.255 e. The molecule has 0 spiro atoms. The van der Waals surface area contributed by atoms with Crippen LogP contribution in [-0.4, -0.2) is 25.5 Å². The third kappa shape index (κ3) is 3.96. The zero-order valence-corrected chi connectivity index (χ0v) is 12.7.